The van der Waals surface area contributed by atoms with E-state index in [4.69, 9.17) is 14.2 Å². The minimum absolute atomic E-state index is 0.0501. The standard InChI is InChI=1S/C26H24N2O7S/c1-33-23(29)21-20-12-14-25(35-20)26(21,24(30)34-2)22-18(13-15-27-25)17-10-6-7-11-19(17)28(22)36(31,32)16-8-4-3-5-9-16/h3-12,14,20-21,27H,13,15H2,1-2H3/t20-,21-,25+,26+/m1/s1. The molecule has 1 N–H and O–H groups in total. The average Bonchev–Trinajstić information content (AvgIpc) is 3.52. The van der Waals surface area contributed by atoms with Gasteiger partial charge in [0.15, 0.2) is 11.1 Å². The fourth-order valence-electron chi connectivity index (χ4n) is 6.19. The van der Waals surface area contributed by atoms with Crippen molar-refractivity contribution >= 4 is 32.9 Å². The van der Waals surface area contributed by atoms with Crippen LogP contribution in [0.15, 0.2) is 71.6 Å². The molecule has 1 spiro atoms. The quantitative estimate of drug-likeness (QED) is 0.420. The fraction of sp³-hybridized carbons (Fsp3) is 0.308. The second-order valence-corrected chi connectivity index (χ2v) is 10.9. The van der Waals surface area contributed by atoms with Gasteiger partial charge in [0.05, 0.1) is 36.4 Å². The highest BCUT2D eigenvalue weighted by atomic mass is 32.2. The predicted octanol–water partition coefficient (Wildman–Crippen LogP) is 1.89. The fourth-order valence-corrected chi connectivity index (χ4v) is 7.81. The molecular formula is C26H24N2O7S. The van der Waals surface area contributed by atoms with Gasteiger partial charge in [-0.25, -0.2) is 12.4 Å². The first kappa shape index (κ1) is 23.0. The van der Waals surface area contributed by atoms with E-state index in [0.29, 0.717) is 29.4 Å². The summed E-state index contributed by atoms with van der Waals surface area (Å²) in [6.45, 7) is 0.371. The minimum Gasteiger partial charge on any atom is -0.469 e. The van der Waals surface area contributed by atoms with Crippen LogP contribution >= 0.6 is 0 Å². The van der Waals surface area contributed by atoms with E-state index in [1.165, 1.54) is 30.3 Å². The Labute approximate surface area is 207 Å². The number of nitrogens with zero attached hydrogens (tertiary/aromatic N) is 1. The summed E-state index contributed by atoms with van der Waals surface area (Å²) in [5.41, 5.74) is -2.18. The first-order chi connectivity index (χ1) is 17.3. The molecule has 0 amide bonds. The molecule has 36 heavy (non-hydrogen) atoms. The number of carbonyl (C=O) groups excluding carboxylic acids is 2. The SMILES string of the molecule is COC(=O)[C@H]1[C@H]2C=C[C@]3(NCCc4c(n(S(=O)(=O)c5ccccc5)c5ccccc45)[C@]13C(=O)OC)O2. The maximum atomic E-state index is 14.3. The Kier molecular flexibility index (Phi) is 4.95. The van der Waals surface area contributed by atoms with Gasteiger partial charge < -0.3 is 14.2 Å². The van der Waals surface area contributed by atoms with Crippen LogP contribution in [0.1, 0.15) is 11.3 Å². The number of para-hydroxylation sites is 1. The van der Waals surface area contributed by atoms with Gasteiger partial charge in [0.2, 0.25) is 0 Å². The zero-order valence-corrected chi connectivity index (χ0v) is 20.4. The van der Waals surface area contributed by atoms with Crippen molar-refractivity contribution in [1.82, 2.24) is 9.29 Å². The number of ether oxygens (including phenoxy) is 3. The molecule has 0 radical (unpaired) electrons. The van der Waals surface area contributed by atoms with E-state index < -0.39 is 45.1 Å². The first-order valence-electron chi connectivity index (χ1n) is 11.6. The number of esters is 2. The van der Waals surface area contributed by atoms with Crippen LogP contribution in [0.25, 0.3) is 10.9 Å². The van der Waals surface area contributed by atoms with Crippen molar-refractivity contribution in [2.45, 2.75) is 28.6 Å². The molecule has 2 aromatic carbocycles. The monoisotopic (exact) mass is 508 g/mol. The molecule has 1 aromatic heterocycles. The van der Waals surface area contributed by atoms with Crippen molar-refractivity contribution < 1.29 is 32.2 Å². The number of benzene rings is 2. The van der Waals surface area contributed by atoms with Gasteiger partial charge in [-0.3, -0.25) is 14.9 Å². The maximum Gasteiger partial charge on any atom is 0.323 e. The first-order valence-corrected chi connectivity index (χ1v) is 13.0. The largest absolute Gasteiger partial charge is 0.469 e. The van der Waals surface area contributed by atoms with Gasteiger partial charge in [0, 0.05) is 11.9 Å². The minimum atomic E-state index is -4.23. The lowest BCUT2D eigenvalue weighted by molar-refractivity contribution is -0.163. The van der Waals surface area contributed by atoms with Crippen LogP contribution in [0.5, 0.6) is 0 Å². The molecule has 4 atom stereocenters. The number of methoxy groups -OCH3 is 2. The van der Waals surface area contributed by atoms with Crippen LogP contribution in [0, 0.1) is 5.92 Å². The van der Waals surface area contributed by atoms with Crippen LogP contribution in [-0.2, 0) is 45.7 Å². The molecule has 0 aliphatic carbocycles. The number of aromatic nitrogens is 1. The van der Waals surface area contributed by atoms with Crippen LogP contribution in [0.4, 0.5) is 0 Å². The summed E-state index contributed by atoms with van der Waals surface area (Å²) in [7, 11) is -1.77. The summed E-state index contributed by atoms with van der Waals surface area (Å²) >= 11 is 0. The van der Waals surface area contributed by atoms with Gasteiger partial charge in [0.25, 0.3) is 10.0 Å². The molecule has 1 saturated heterocycles. The molecule has 0 saturated carbocycles. The lowest BCUT2D eigenvalue weighted by Gasteiger charge is -2.42. The van der Waals surface area contributed by atoms with Gasteiger partial charge in [-0.05, 0) is 36.3 Å². The Morgan fingerprint density at radius 2 is 1.78 bits per heavy atom. The molecule has 9 nitrogen and oxygen atoms in total. The third kappa shape index (κ3) is 2.63. The Morgan fingerprint density at radius 1 is 1.06 bits per heavy atom. The summed E-state index contributed by atoms with van der Waals surface area (Å²) < 4.78 is 46.6. The molecule has 1 fully saturated rings. The van der Waals surface area contributed by atoms with Gasteiger partial charge >= 0.3 is 11.9 Å². The zero-order chi connectivity index (χ0) is 25.3. The second kappa shape index (κ2) is 7.76. The number of nitrogens with one attached hydrogen (secondary N) is 1. The molecule has 0 unspecified atom stereocenters. The normalized spacial score (nSPS) is 28.4. The molecule has 4 heterocycles. The molecule has 3 aromatic rings. The van der Waals surface area contributed by atoms with E-state index in [2.05, 4.69) is 5.32 Å². The van der Waals surface area contributed by atoms with Crippen molar-refractivity contribution in [2.24, 2.45) is 5.92 Å². The Balaban J connectivity index is 1.82. The summed E-state index contributed by atoms with van der Waals surface area (Å²) in [6.07, 6.45) is 2.98. The number of carbonyl (C=O) groups is 2. The lowest BCUT2D eigenvalue weighted by Crippen LogP contribution is -2.65. The van der Waals surface area contributed by atoms with Crippen molar-refractivity contribution in [1.29, 1.82) is 0 Å². The Bertz CT molecular complexity index is 1540. The predicted molar refractivity (Wildman–Crippen MR) is 129 cm³/mol. The lowest BCUT2D eigenvalue weighted by atomic mass is 9.62. The molecule has 3 aliphatic rings. The Hall–Kier alpha value is -3.47. The van der Waals surface area contributed by atoms with Crippen molar-refractivity contribution in [2.75, 3.05) is 20.8 Å². The molecule has 6 rings (SSSR count). The molecule has 186 valence electrons. The number of hydrogen-bond acceptors (Lipinski definition) is 8. The Morgan fingerprint density at radius 3 is 2.50 bits per heavy atom. The van der Waals surface area contributed by atoms with E-state index in [9.17, 15) is 18.0 Å². The summed E-state index contributed by atoms with van der Waals surface area (Å²) in [4.78, 5) is 27.4. The van der Waals surface area contributed by atoms with Crippen molar-refractivity contribution in [3.8, 4) is 0 Å². The second-order valence-electron chi connectivity index (χ2n) is 9.08. The van der Waals surface area contributed by atoms with Crippen LogP contribution < -0.4 is 5.32 Å². The average molecular weight is 509 g/mol. The molecule has 3 aliphatic heterocycles. The smallest absolute Gasteiger partial charge is 0.323 e. The third-order valence-corrected chi connectivity index (χ3v) is 9.27. The van der Waals surface area contributed by atoms with Crippen LogP contribution in [-0.4, -0.2) is 56.9 Å². The van der Waals surface area contributed by atoms with E-state index in [-0.39, 0.29) is 10.6 Å². The molecule has 2 bridgehead atoms. The van der Waals surface area contributed by atoms with Gasteiger partial charge in [-0.1, -0.05) is 42.5 Å². The number of fused-ring (bicyclic) bond motifs is 5. The van der Waals surface area contributed by atoms with Gasteiger partial charge in [0.1, 0.15) is 5.92 Å². The van der Waals surface area contributed by atoms with Crippen molar-refractivity contribution in [3.63, 3.8) is 0 Å². The topological polar surface area (TPSA) is 113 Å². The van der Waals surface area contributed by atoms with E-state index in [1.807, 2.05) is 12.1 Å². The number of hydrogen-bond donors (Lipinski definition) is 1. The number of rotatable bonds is 4. The van der Waals surface area contributed by atoms with Crippen LogP contribution in [0.2, 0.25) is 0 Å². The van der Waals surface area contributed by atoms with E-state index in [1.54, 1.807) is 42.5 Å². The van der Waals surface area contributed by atoms with Gasteiger partial charge in [-0.2, -0.15) is 0 Å². The zero-order valence-electron chi connectivity index (χ0n) is 19.6. The molecule has 10 heteroatoms. The van der Waals surface area contributed by atoms with Gasteiger partial charge in [-0.15, -0.1) is 0 Å². The highest BCUT2D eigenvalue weighted by Crippen LogP contribution is 2.59. The van der Waals surface area contributed by atoms with Crippen LogP contribution in [0.3, 0.4) is 0 Å². The maximum absolute atomic E-state index is 14.3. The summed E-state index contributed by atoms with van der Waals surface area (Å²) in [6, 6.07) is 15.1. The highest BCUT2D eigenvalue weighted by Gasteiger charge is 2.77. The van der Waals surface area contributed by atoms with E-state index >= 15 is 0 Å². The molecular weight excluding hydrogens is 484 g/mol. The summed E-state index contributed by atoms with van der Waals surface area (Å²) in [5, 5.41) is 3.97. The van der Waals surface area contributed by atoms with Crippen molar-refractivity contribution in [3.05, 3.63) is 78.0 Å². The summed E-state index contributed by atoms with van der Waals surface area (Å²) in [5.74, 6) is -2.66. The van der Waals surface area contributed by atoms with E-state index in [0.717, 1.165) is 0 Å². The third-order valence-electron chi connectivity index (χ3n) is 7.54. The highest BCUT2D eigenvalue weighted by molar-refractivity contribution is 7.90.